The fourth-order valence-electron chi connectivity index (χ4n) is 1.73. The molecule has 18 heavy (non-hydrogen) atoms. The molecule has 0 radical (unpaired) electrons. The molecule has 0 amide bonds. The van der Waals surface area contributed by atoms with Gasteiger partial charge in [0.05, 0.1) is 11.9 Å². The van der Waals surface area contributed by atoms with Crippen LogP contribution in [0.2, 0.25) is 0 Å². The average molecular weight is 271 g/mol. The maximum Gasteiger partial charge on any atom is 0.149 e. The lowest BCUT2D eigenvalue weighted by Crippen LogP contribution is -2.24. The molecular formula is C13H21NO3S. The Balaban J connectivity index is 2.92. The molecule has 0 spiro atoms. The first kappa shape index (κ1) is 15.0. The van der Waals surface area contributed by atoms with Crippen molar-refractivity contribution in [2.24, 2.45) is 0 Å². The first-order valence-electron chi connectivity index (χ1n) is 5.93. The molecule has 4 nitrogen and oxygen atoms in total. The van der Waals surface area contributed by atoms with Gasteiger partial charge in [0.2, 0.25) is 0 Å². The molecule has 0 aliphatic heterocycles. The van der Waals surface area contributed by atoms with Crippen molar-refractivity contribution in [3.63, 3.8) is 0 Å². The van der Waals surface area contributed by atoms with Gasteiger partial charge >= 0.3 is 0 Å². The maximum atomic E-state index is 11.4. The number of nitrogens with one attached hydrogen (secondary N) is 1. The highest BCUT2D eigenvalue weighted by molar-refractivity contribution is 7.90. The molecule has 0 bridgehead atoms. The van der Waals surface area contributed by atoms with Gasteiger partial charge in [0.1, 0.15) is 15.6 Å². The first-order chi connectivity index (χ1) is 8.31. The summed E-state index contributed by atoms with van der Waals surface area (Å²) in [6.07, 6.45) is 1.34. The van der Waals surface area contributed by atoms with Crippen LogP contribution >= 0.6 is 0 Å². The van der Waals surface area contributed by atoms with Crippen LogP contribution in [0.4, 0.5) is 0 Å². The predicted molar refractivity (Wildman–Crippen MR) is 73.7 cm³/mol. The number of sulfone groups is 1. The van der Waals surface area contributed by atoms with Gasteiger partial charge in [-0.05, 0) is 38.6 Å². The average Bonchev–Trinajstić information content (AvgIpc) is 2.24. The quantitative estimate of drug-likeness (QED) is 0.857. The maximum absolute atomic E-state index is 11.4. The summed E-state index contributed by atoms with van der Waals surface area (Å²) in [7, 11) is -1.27. The lowest BCUT2D eigenvalue weighted by Gasteiger charge is -2.17. The molecule has 102 valence electrons. The van der Waals surface area contributed by atoms with Crippen molar-refractivity contribution in [2.75, 3.05) is 19.1 Å². The molecule has 1 aromatic rings. The number of rotatable bonds is 6. The molecule has 1 N–H and O–H groups in total. The zero-order valence-electron chi connectivity index (χ0n) is 11.3. The Morgan fingerprint density at radius 1 is 1.33 bits per heavy atom. The standard InChI is InChI=1S/C13H21NO3S/c1-10(2)17-12-7-5-6-11(8-12)13(14-3)9-18(4,15)16/h5-8,10,13-14H,9H2,1-4H3. The molecule has 0 saturated carbocycles. The van der Waals surface area contributed by atoms with Crippen LogP contribution in [-0.2, 0) is 9.84 Å². The van der Waals surface area contributed by atoms with E-state index < -0.39 is 9.84 Å². The minimum Gasteiger partial charge on any atom is -0.491 e. The minimum atomic E-state index is -3.02. The van der Waals surface area contributed by atoms with Gasteiger partial charge in [-0.2, -0.15) is 0 Å². The number of ether oxygens (including phenoxy) is 1. The van der Waals surface area contributed by atoms with E-state index in [0.717, 1.165) is 11.3 Å². The van der Waals surface area contributed by atoms with E-state index in [9.17, 15) is 8.42 Å². The van der Waals surface area contributed by atoms with Crippen LogP contribution in [-0.4, -0.2) is 33.6 Å². The lowest BCUT2D eigenvalue weighted by molar-refractivity contribution is 0.242. The Kier molecular flexibility index (Phi) is 5.16. The molecule has 0 fully saturated rings. The normalized spacial score (nSPS) is 13.6. The van der Waals surface area contributed by atoms with Crippen molar-refractivity contribution in [3.8, 4) is 5.75 Å². The Hall–Kier alpha value is -1.07. The molecule has 1 unspecified atom stereocenters. The highest BCUT2D eigenvalue weighted by Crippen LogP contribution is 2.21. The van der Waals surface area contributed by atoms with Gasteiger partial charge < -0.3 is 10.1 Å². The highest BCUT2D eigenvalue weighted by atomic mass is 32.2. The van der Waals surface area contributed by atoms with E-state index in [2.05, 4.69) is 5.32 Å². The van der Waals surface area contributed by atoms with Crippen LogP contribution in [0.3, 0.4) is 0 Å². The van der Waals surface area contributed by atoms with Crippen LogP contribution in [0.25, 0.3) is 0 Å². The molecule has 0 saturated heterocycles. The largest absolute Gasteiger partial charge is 0.491 e. The monoisotopic (exact) mass is 271 g/mol. The molecule has 5 heteroatoms. The Morgan fingerprint density at radius 3 is 2.50 bits per heavy atom. The fraction of sp³-hybridized carbons (Fsp3) is 0.538. The third-order valence-electron chi connectivity index (χ3n) is 2.45. The van der Waals surface area contributed by atoms with Gasteiger partial charge in [0.15, 0.2) is 0 Å². The van der Waals surface area contributed by atoms with Crippen molar-refractivity contribution in [3.05, 3.63) is 29.8 Å². The van der Waals surface area contributed by atoms with Gasteiger partial charge in [-0.15, -0.1) is 0 Å². The van der Waals surface area contributed by atoms with Crippen LogP contribution in [0.15, 0.2) is 24.3 Å². The van der Waals surface area contributed by atoms with Crippen molar-refractivity contribution >= 4 is 9.84 Å². The molecule has 0 heterocycles. The highest BCUT2D eigenvalue weighted by Gasteiger charge is 2.16. The minimum absolute atomic E-state index is 0.0780. The van der Waals surface area contributed by atoms with Crippen molar-refractivity contribution in [2.45, 2.75) is 26.0 Å². The van der Waals surface area contributed by atoms with E-state index in [-0.39, 0.29) is 17.9 Å². The summed E-state index contributed by atoms with van der Waals surface area (Å²) in [5.74, 6) is 0.838. The molecule has 1 atom stereocenters. The summed E-state index contributed by atoms with van der Waals surface area (Å²) in [5.41, 5.74) is 0.918. The summed E-state index contributed by atoms with van der Waals surface area (Å²) in [4.78, 5) is 0. The number of hydrogen-bond acceptors (Lipinski definition) is 4. The van der Waals surface area contributed by atoms with E-state index in [4.69, 9.17) is 4.74 Å². The predicted octanol–water partition coefficient (Wildman–Crippen LogP) is 1.78. The zero-order chi connectivity index (χ0) is 13.8. The molecule has 0 aliphatic carbocycles. The summed E-state index contributed by atoms with van der Waals surface area (Å²) >= 11 is 0. The zero-order valence-corrected chi connectivity index (χ0v) is 12.1. The van der Waals surface area contributed by atoms with Crippen LogP contribution in [0.5, 0.6) is 5.75 Å². The summed E-state index contributed by atoms with van der Waals surface area (Å²) in [6.45, 7) is 3.91. The molecule has 0 aliphatic rings. The van der Waals surface area contributed by atoms with Gasteiger partial charge in [-0.25, -0.2) is 8.42 Å². The van der Waals surface area contributed by atoms with Crippen molar-refractivity contribution < 1.29 is 13.2 Å². The third-order valence-corrected chi connectivity index (χ3v) is 3.39. The van der Waals surface area contributed by atoms with Crippen molar-refractivity contribution in [1.82, 2.24) is 5.32 Å². The Bertz CT molecular complexity index is 483. The van der Waals surface area contributed by atoms with Gasteiger partial charge in [0, 0.05) is 12.3 Å². The summed E-state index contributed by atoms with van der Waals surface area (Å²) in [5, 5.41) is 3.02. The Morgan fingerprint density at radius 2 is 2.00 bits per heavy atom. The van der Waals surface area contributed by atoms with E-state index in [0.29, 0.717) is 0 Å². The van der Waals surface area contributed by atoms with Crippen LogP contribution in [0, 0.1) is 0 Å². The van der Waals surface area contributed by atoms with E-state index >= 15 is 0 Å². The summed E-state index contributed by atoms with van der Waals surface area (Å²) < 4.78 is 28.3. The topological polar surface area (TPSA) is 55.4 Å². The van der Waals surface area contributed by atoms with Gasteiger partial charge in [0.25, 0.3) is 0 Å². The van der Waals surface area contributed by atoms with Crippen molar-refractivity contribution in [1.29, 1.82) is 0 Å². The first-order valence-corrected chi connectivity index (χ1v) is 7.99. The van der Waals surface area contributed by atoms with E-state index in [1.807, 2.05) is 38.1 Å². The number of hydrogen-bond donors (Lipinski definition) is 1. The third kappa shape index (κ3) is 5.06. The second kappa shape index (κ2) is 6.20. The SMILES string of the molecule is CNC(CS(C)(=O)=O)c1cccc(OC(C)C)c1. The molecule has 0 aromatic heterocycles. The second-order valence-corrected chi connectivity index (χ2v) is 6.86. The molecule has 1 rings (SSSR count). The van der Waals surface area contributed by atoms with E-state index in [1.165, 1.54) is 6.26 Å². The van der Waals surface area contributed by atoms with Gasteiger partial charge in [-0.1, -0.05) is 12.1 Å². The summed E-state index contributed by atoms with van der Waals surface area (Å²) in [6, 6.07) is 7.32. The fourth-order valence-corrected chi connectivity index (χ4v) is 2.69. The van der Waals surface area contributed by atoms with E-state index in [1.54, 1.807) is 7.05 Å². The second-order valence-electron chi connectivity index (χ2n) is 4.67. The lowest BCUT2D eigenvalue weighted by atomic mass is 10.1. The van der Waals surface area contributed by atoms with Crippen LogP contribution in [0.1, 0.15) is 25.5 Å². The molecule has 1 aromatic carbocycles. The number of benzene rings is 1. The van der Waals surface area contributed by atoms with Crippen LogP contribution < -0.4 is 10.1 Å². The Labute approximate surface area is 109 Å². The molecular weight excluding hydrogens is 250 g/mol. The van der Waals surface area contributed by atoms with Gasteiger partial charge in [-0.3, -0.25) is 0 Å². The smallest absolute Gasteiger partial charge is 0.149 e.